The highest BCUT2D eigenvalue weighted by atomic mass is 35.5. The van der Waals surface area contributed by atoms with Gasteiger partial charge in [-0.05, 0) is 42.0 Å². The zero-order valence-electron chi connectivity index (χ0n) is 14.5. The molecule has 1 N–H and O–H groups in total. The Labute approximate surface area is 161 Å². The number of piperazine rings is 1. The van der Waals surface area contributed by atoms with Crippen molar-refractivity contribution < 1.29 is 18.8 Å². The van der Waals surface area contributed by atoms with Crippen molar-refractivity contribution in [3.63, 3.8) is 0 Å². The van der Waals surface area contributed by atoms with Crippen LogP contribution < -0.4 is 5.32 Å². The summed E-state index contributed by atoms with van der Waals surface area (Å²) in [6.07, 6.45) is 0.0289. The van der Waals surface area contributed by atoms with Crippen molar-refractivity contribution in [1.29, 1.82) is 0 Å². The van der Waals surface area contributed by atoms with Gasteiger partial charge in [-0.15, -0.1) is 0 Å². The minimum absolute atomic E-state index is 0.00751. The number of carbonyl (C=O) groups is 3. The molecule has 2 amide bonds. The second-order valence-electron chi connectivity index (χ2n) is 6.26. The van der Waals surface area contributed by atoms with Gasteiger partial charge in [-0.25, -0.2) is 4.39 Å². The number of rotatable bonds is 5. The predicted octanol–water partition coefficient (Wildman–Crippen LogP) is 3.14. The van der Waals surface area contributed by atoms with Crippen LogP contribution in [-0.4, -0.2) is 35.6 Å². The summed E-state index contributed by atoms with van der Waals surface area (Å²) in [4.78, 5) is 38.7. The average Bonchev–Trinajstić information content (AvgIpc) is 2.67. The number of benzene rings is 2. The number of nitrogens with zero attached hydrogens (tertiary/aromatic N) is 1. The first-order valence-corrected chi connectivity index (χ1v) is 8.95. The normalized spacial score (nSPS) is 16.7. The van der Waals surface area contributed by atoms with E-state index >= 15 is 0 Å². The van der Waals surface area contributed by atoms with E-state index in [1.165, 1.54) is 29.2 Å². The smallest absolute Gasteiger partial charge is 0.247 e. The molecule has 1 unspecified atom stereocenters. The number of hydrogen-bond donors (Lipinski definition) is 1. The Kier molecular flexibility index (Phi) is 5.86. The van der Waals surface area contributed by atoms with Crippen molar-refractivity contribution >= 4 is 29.2 Å². The Balaban J connectivity index is 1.69. The quantitative estimate of drug-likeness (QED) is 0.800. The molecule has 2 aromatic carbocycles. The molecule has 0 spiro atoms. The molecule has 0 bridgehead atoms. The Morgan fingerprint density at radius 3 is 2.41 bits per heavy atom. The van der Waals surface area contributed by atoms with E-state index in [9.17, 15) is 18.8 Å². The third-order valence-electron chi connectivity index (χ3n) is 4.45. The van der Waals surface area contributed by atoms with Gasteiger partial charge in [0.15, 0.2) is 5.78 Å². The molecule has 27 heavy (non-hydrogen) atoms. The van der Waals surface area contributed by atoms with Crippen molar-refractivity contribution in [3.05, 3.63) is 70.5 Å². The van der Waals surface area contributed by atoms with Crippen LogP contribution in [-0.2, 0) is 9.59 Å². The van der Waals surface area contributed by atoms with Crippen LogP contribution in [0.3, 0.4) is 0 Å². The molecule has 0 saturated carbocycles. The lowest BCUT2D eigenvalue weighted by atomic mass is 10.0. The van der Waals surface area contributed by atoms with E-state index in [-0.39, 0.29) is 30.4 Å². The van der Waals surface area contributed by atoms with Crippen LogP contribution in [0.25, 0.3) is 0 Å². The maximum absolute atomic E-state index is 13.2. The number of ketones is 1. The van der Waals surface area contributed by atoms with Gasteiger partial charge >= 0.3 is 0 Å². The lowest BCUT2D eigenvalue weighted by molar-refractivity contribution is -0.143. The molecule has 1 fully saturated rings. The standard InChI is InChI=1S/C20H18ClFN2O3/c21-15-5-1-13(2-6-15)17(25)9-10-18(26)24-12-11-23-20(27)19(24)14-3-7-16(22)8-4-14/h1-8,19H,9-12H2,(H,23,27). The van der Waals surface area contributed by atoms with Gasteiger partial charge in [0.05, 0.1) is 0 Å². The molecular weight excluding hydrogens is 371 g/mol. The van der Waals surface area contributed by atoms with Crippen molar-refractivity contribution in [1.82, 2.24) is 10.2 Å². The summed E-state index contributed by atoms with van der Waals surface area (Å²) in [5.74, 6) is -1.19. The van der Waals surface area contributed by atoms with Crippen molar-refractivity contribution in [2.45, 2.75) is 18.9 Å². The molecule has 5 nitrogen and oxygen atoms in total. The summed E-state index contributed by atoms with van der Waals surface area (Å²) >= 11 is 5.81. The van der Waals surface area contributed by atoms with E-state index in [1.807, 2.05) is 0 Å². The Morgan fingerprint density at radius 1 is 1.07 bits per heavy atom. The van der Waals surface area contributed by atoms with Crippen LogP contribution in [0.1, 0.15) is 34.8 Å². The van der Waals surface area contributed by atoms with Gasteiger partial charge in [-0.3, -0.25) is 14.4 Å². The molecular formula is C20H18ClFN2O3. The maximum Gasteiger partial charge on any atom is 0.247 e. The molecule has 0 radical (unpaired) electrons. The lowest BCUT2D eigenvalue weighted by Crippen LogP contribution is -2.52. The van der Waals surface area contributed by atoms with Gasteiger partial charge in [-0.2, -0.15) is 0 Å². The number of carbonyl (C=O) groups excluding carboxylic acids is 3. The highest BCUT2D eigenvalue weighted by Crippen LogP contribution is 2.25. The SMILES string of the molecule is O=C(CCC(=O)N1CCNC(=O)C1c1ccc(F)cc1)c1ccc(Cl)cc1. The summed E-state index contributed by atoms with van der Waals surface area (Å²) in [5, 5.41) is 3.25. The Morgan fingerprint density at radius 2 is 1.74 bits per heavy atom. The molecule has 7 heteroatoms. The molecule has 0 aromatic heterocycles. The van der Waals surface area contributed by atoms with Crippen LogP contribution in [0.15, 0.2) is 48.5 Å². The lowest BCUT2D eigenvalue weighted by Gasteiger charge is -2.35. The van der Waals surface area contributed by atoms with E-state index in [0.717, 1.165) is 0 Å². The Hall–Kier alpha value is -2.73. The van der Waals surface area contributed by atoms with Crippen LogP contribution in [0.4, 0.5) is 4.39 Å². The first-order valence-electron chi connectivity index (χ1n) is 8.57. The molecule has 0 aliphatic carbocycles. The van der Waals surface area contributed by atoms with Gasteiger partial charge in [0.25, 0.3) is 0 Å². The third kappa shape index (κ3) is 4.52. The monoisotopic (exact) mass is 388 g/mol. The predicted molar refractivity (Wildman–Crippen MR) is 98.9 cm³/mol. The largest absolute Gasteiger partial charge is 0.352 e. The minimum atomic E-state index is -0.822. The van der Waals surface area contributed by atoms with Crippen LogP contribution >= 0.6 is 11.6 Å². The number of halogens is 2. The summed E-state index contributed by atoms with van der Waals surface area (Å²) in [6, 6.07) is 11.1. The van der Waals surface area contributed by atoms with Gasteiger partial charge in [-0.1, -0.05) is 23.7 Å². The molecule has 3 rings (SSSR count). The van der Waals surface area contributed by atoms with Crippen molar-refractivity contribution in [2.75, 3.05) is 13.1 Å². The zero-order chi connectivity index (χ0) is 19.4. The van der Waals surface area contributed by atoms with Gasteiger partial charge < -0.3 is 10.2 Å². The minimum Gasteiger partial charge on any atom is -0.352 e. The average molecular weight is 389 g/mol. The zero-order valence-corrected chi connectivity index (χ0v) is 15.2. The first-order chi connectivity index (χ1) is 13.0. The number of hydrogen-bond acceptors (Lipinski definition) is 3. The van der Waals surface area contributed by atoms with E-state index in [0.29, 0.717) is 29.2 Å². The summed E-state index contributed by atoms with van der Waals surface area (Å²) in [5.41, 5.74) is 1.02. The highest BCUT2D eigenvalue weighted by molar-refractivity contribution is 6.30. The van der Waals surface area contributed by atoms with E-state index < -0.39 is 11.9 Å². The number of Topliss-reactive ketones (excluding diaryl/α,β-unsaturated/α-hetero) is 1. The van der Waals surface area contributed by atoms with Crippen molar-refractivity contribution in [3.8, 4) is 0 Å². The highest BCUT2D eigenvalue weighted by Gasteiger charge is 2.34. The summed E-state index contributed by atoms with van der Waals surface area (Å²) in [6.45, 7) is 0.676. The van der Waals surface area contributed by atoms with Crippen LogP contribution in [0.2, 0.25) is 5.02 Å². The molecule has 140 valence electrons. The molecule has 1 atom stereocenters. The van der Waals surface area contributed by atoms with E-state index in [2.05, 4.69) is 5.32 Å². The Bertz CT molecular complexity index is 853. The first kappa shape index (κ1) is 19.0. The van der Waals surface area contributed by atoms with Gasteiger partial charge in [0.2, 0.25) is 11.8 Å². The fraction of sp³-hybridized carbons (Fsp3) is 0.250. The number of nitrogens with one attached hydrogen (secondary N) is 1. The summed E-state index contributed by atoms with van der Waals surface area (Å²) in [7, 11) is 0. The molecule has 1 heterocycles. The molecule has 2 aromatic rings. The van der Waals surface area contributed by atoms with Gasteiger partial charge in [0, 0.05) is 36.5 Å². The second kappa shape index (κ2) is 8.31. The fourth-order valence-corrected chi connectivity index (χ4v) is 3.18. The maximum atomic E-state index is 13.2. The fourth-order valence-electron chi connectivity index (χ4n) is 3.06. The van der Waals surface area contributed by atoms with Gasteiger partial charge in [0.1, 0.15) is 11.9 Å². The van der Waals surface area contributed by atoms with E-state index in [1.54, 1.807) is 24.3 Å². The molecule has 1 saturated heterocycles. The van der Waals surface area contributed by atoms with Crippen LogP contribution in [0, 0.1) is 5.82 Å². The van der Waals surface area contributed by atoms with Crippen LogP contribution in [0.5, 0.6) is 0 Å². The molecule has 1 aliphatic rings. The third-order valence-corrected chi connectivity index (χ3v) is 4.70. The van der Waals surface area contributed by atoms with Crippen molar-refractivity contribution in [2.24, 2.45) is 0 Å². The second-order valence-corrected chi connectivity index (χ2v) is 6.70. The molecule has 1 aliphatic heterocycles. The summed E-state index contributed by atoms with van der Waals surface area (Å²) < 4.78 is 13.2. The topological polar surface area (TPSA) is 66.5 Å². The number of amides is 2. The van der Waals surface area contributed by atoms with E-state index in [4.69, 9.17) is 11.6 Å².